The summed E-state index contributed by atoms with van der Waals surface area (Å²) in [6.07, 6.45) is 1.57. The summed E-state index contributed by atoms with van der Waals surface area (Å²) < 4.78 is 45.1. The second-order valence-electron chi connectivity index (χ2n) is 4.80. The number of benzene rings is 1. The summed E-state index contributed by atoms with van der Waals surface area (Å²) in [6.45, 7) is 1.37. The summed E-state index contributed by atoms with van der Waals surface area (Å²) in [5.41, 5.74) is -0.311. The van der Waals surface area contributed by atoms with Crippen LogP contribution < -0.4 is 10.0 Å². The molecule has 1 unspecified atom stereocenters. The highest BCUT2D eigenvalue weighted by Gasteiger charge is 2.27. The van der Waals surface area contributed by atoms with Crippen molar-refractivity contribution in [2.45, 2.75) is 23.8 Å². The Kier molecular flexibility index (Phi) is 6.73. The molecule has 1 aromatic rings. The summed E-state index contributed by atoms with van der Waals surface area (Å²) in [5.74, 6) is -1.59. The highest BCUT2D eigenvalue weighted by atomic mass is 35.5. The molecule has 0 aromatic heterocycles. The monoisotopic (exact) mass is 352 g/mol. The third-order valence-corrected chi connectivity index (χ3v) is 4.83. The van der Waals surface area contributed by atoms with Gasteiger partial charge in [-0.15, -0.1) is 12.4 Å². The molecule has 1 atom stereocenters. The molecule has 1 aromatic carbocycles. The molecule has 2 rings (SSSR count). The maximum atomic E-state index is 13.3. The second kappa shape index (κ2) is 7.87. The smallest absolute Gasteiger partial charge is 0.339 e. The number of nitrogens with one attached hydrogen (secondary N) is 2. The first-order valence-electron chi connectivity index (χ1n) is 6.55. The summed E-state index contributed by atoms with van der Waals surface area (Å²) in [6, 6.07) is 2.68. The number of carbonyl (C=O) groups is 1. The van der Waals surface area contributed by atoms with E-state index in [1.807, 2.05) is 0 Å². The van der Waals surface area contributed by atoms with Crippen molar-refractivity contribution in [1.82, 2.24) is 10.0 Å². The van der Waals surface area contributed by atoms with Crippen LogP contribution in [0.3, 0.4) is 0 Å². The molecule has 1 aliphatic heterocycles. The third-order valence-electron chi connectivity index (χ3n) is 3.26. The molecule has 0 spiro atoms. The quantitative estimate of drug-likeness (QED) is 0.792. The van der Waals surface area contributed by atoms with E-state index in [-0.39, 0.29) is 28.9 Å². The Hall–Kier alpha value is -1.22. The van der Waals surface area contributed by atoms with Crippen LogP contribution in [0.2, 0.25) is 0 Å². The first-order valence-corrected chi connectivity index (χ1v) is 8.03. The molecular weight excluding hydrogens is 335 g/mol. The number of methoxy groups -OCH3 is 1. The minimum Gasteiger partial charge on any atom is -0.465 e. The number of sulfonamides is 1. The van der Waals surface area contributed by atoms with Crippen LogP contribution in [0.25, 0.3) is 0 Å². The highest BCUT2D eigenvalue weighted by Crippen LogP contribution is 2.19. The fourth-order valence-corrected chi connectivity index (χ4v) is 3.69. The van der Waals surface area contributed by atoms with Gasteiger partial charge in [0.1, 0.15) is 5.82 Å². The highest BCUT2D eigenvalue weighted by molar-refractivity contribution is 7.89. The van der Waals surface area contributed by atoms with E-state index in [1.165, 1.54) is 0 Å². The van der Waals surface area contributed by atoms with Gasteiger partial charge in [0.25, 0.3) is 0 Å². The third kappa shape index (κ3) is 4.39. The van der Waals surface area contributed by atoms with E-state index in [0.29, 0.717) is 13.0 Å². The molecule has 0 aliphatic carbocycles. The zero-order chi connectivity index (χ0) is 15.5. The normalized spacial score (nSPS) is 18.4. The Labute approximate surface area is 134 Å². The average Bonchev–Trinajstić information content (AvgIpc) is 2.46. The molecule has 124 valence electrons. The Morgan fingerprint density at radius 2 is 2.18 bits per heavy atom. The van der Waals surface area contributed by atoms with Gasteiger partial charge in [0, 0.05) is 12.6 Å². The first-order chi connectivity index (χ1) is 9.94. The number of hydrogen-bond donors (Lipinski definition) is 2. The van der Waals surface area contributed by atoms with Gasteiger partial charge in [0.05, 0.1) is 17.6 Å². The van der Waals surface area contributed by atoms with E-state index in [4.69, 9.17) is 0 Å². The molecule has 1 heterocycles. The van der Waals surface area contributed by atoms with E-state index < -0.39 is 21.8 Å². The van der Waals surface area contributed by atoms with Gasteiger partial charge in [-0.25, -0.2) is 22.3 Å². The summed E-state index contributed by atoms with van der Waals surface area (Å²) in [5, 5.41) is 3.09. The van der Waals surface area contributed by atoms with Crippen LogP contribution in [-0.4, -0.2) is 40.6 Å². The molecule has 6 nitrogen and oxygen atoms in total. The topological polar surface area (TPSA) is 84.5 Å². The number of esters is 1. The van der Waals surface area contributed by atoms with Crippen molar-refractivity contribution in [2.24, 2.45) is 0 Å². The fraction of sp³-hybridized carbons (Fsp3) is 0.462. The molecule has 0 bridgehead atoms. The summed E-state index contributed by atoms with van der Waals surface area (Å²) >= 11 is 0. The predicted molar refractivity (Wildman–Crippen MR) is 81.2 cm³/mol. The van der Waals surface area contributed by atoms with Crippen molar-refractivity contribution in [3.05, 3.63) is 29.6 Å². The minimum absolute atomic E-state index is 0. The Balaban J connectivity index is 0.00000242. The number of ether oxygens (including phenoxy) is 1. The van der Waals surface area contributed by atoms with Crippen molar-refractivity contribution < 1.29 is 22.3 Å². The van der Waals surface area contributed by atoms with Crippen molar-refractivity contribution in [3.8, 4) is 0 Å². The van der Waals surface area contributed by atoms with Gasteiger partial charge in [-0.3, -0.25) is 0 Å². The molecule has 22 heavy (non-hydrogen) atoms. The average molecular weight is 353 g/mol. The number of rotatable bonds is 4. The Morgan fingerprint density at radius 1 is 1.45 bits per heavy atom. The van der Waals surface area contributed by atoms with Crippen LogP contribution in [-0.2, 0) is 14.8 Å². The number of halogens is 2. The molecule has 1 fully saturated rings. The minimum atomic E-state index is -3.92. The zero-order valence-corrected chi connectivity index (χ0v) is 13.6. The first kappa shape index (κ1) is 18.8. The number of piperidine rings is 1. The maximum absolute atomic E-state index is 13.3. The van der Waals surface area contributed by atoms with Crippen LogP contribution in [0, 0.1) is 5.82 Å². The lowest BCUT2D eigenvalue weighted by molar-refractivity contribution is 0.0595. The van der Waals surface area contributed by atoms with Crippen LogP contribution in [0.1, 0.15) is 23.2 Å². The van der Waals surface area contributed by atoms with Crippen molar-refractivity contribution >= 4 is 28.4 Å². The van der Waals surface area contributed by atoms with E-state index in [1.54, 1.807) is 0 Å². The maximum Gasteiger partial charge on any atom is 0.339 e. The summed E-state index contributed by atoms with van der Waals surface area (Å²) in [4.78, 5) is 11.4. The van der Waals surface area contributed by atoms with Crippen LogP contribution in [0.4, 0.5) is 4.39 Å². The van der Waals surface area contributed by atoms with Crippen molar-refractivity contribution in [2.75, 3.05) is 20.2 Å². The largest absolute Gasteiger partial charge is 0.465 e. The lowest BCUT2D eigenvalue weighted by atomic mass is 10.1. The van der Waals surface area contributed by atoms with Crippen LogP contribution in [0.5, 0.6) is 0 Å². The standard InChI is InChI=1S/C13H17FN2O4S.ClH/c1-20-13(17)11-7-9(14)4-5-12(11)21(18,19)16-10-3-2-6-15-8-10;/h4-5,7,10,15-16H,2-3,6,8H2,1H3;1H. The van der Waals surface area contributed by atoms with Crippen LogP contribution >= 0.6 is 12.4 Å². The molecule has 0 saturated carbocycles. The van der Waals surface area contributed by atoms with E-state index in [9.17, 15) is 17.6 Å². The van der Waals surface area contributed by atoms with Gasteiger partial charge in [-0.05, 0) is 37.6 Å². The lowest BCUT2D eigenvalue weighted by Gasteiger charge is -2.24. The predicted octanol–water partition coefficient (Wildman–Crippen LogP) is 1.06. The fourth-order valence-electron chi connectivity index (χ4n) is 2.24. The molecule has 1 aliphatic rings. The van der Waals surface area contributed by atoms with Gasteiger partial charge in [0.15, 0.2) is 0 Å². The lowest BCUT2D eigenvalue weighted by Crippen LogP contribution is -2.45. The van der Waals surface area contributed by atoms with E-state index in [0.717, 1.165) is 38.3 Å². The summed E-state index contributed by atoms with van der Waals surface area (Å²) in [7, 11) is -2.81. The molecular formula is C13H18ClFN2O4S. The zero-order valence-electron chi connectivity index (χ0n) is 12.0. The molecule has 0 amide bonds. The molecule has 2 N–H and O–H groups in total. The van der Waals surface area contributed by atoms with Crippen molar-refractivity contribution in [1.29, 1.82) is 0 Å². The SMILES string of the molecule is COC(=O)c1cc(F)ccc1S(=O)(=O)NC1CCCNC1.Cl. The van der Waals surface area contributed by atoms with Gasteiger partial charge in [-0.2, -0.15) is 0 Å². The van der Waals surface area contributed by atoms with Gasteiger partial charge in [-0.1, -0.05) is 0 Å². The van der Waals surface area contributed by atoms with E-state index in [2.05, 4.69) is 14.8 Å². The van der Waals surface area contributed by atoms with E-state index >= 15 is 0 Å². The van der Waals surface area contributed by atoms with Gasteiger partial charge < -0.3 is 10.1 Å². The molecule has 9 heteroatoms. The molecule has 1 saturated heterocycles. The Bertz CT molecular complexity index is 633. The van der Waals surface area contributed by atoms with Gasteiger partial charge in [0.2, 0.25) is 10.0 Å². The number of hydrogen-bond acceptors (Lipinski definition) is 5. The Morgan fingerprint density at radius 3 is 2.77 bits per heavy atom. The number of carbonyl (C=O) groups excluding carboxylic acids is 1. The molecule has 0 radical (unpaired) electrons. The van der Waals surface area contributed by atoms with Gasteiger partial charge >= 0.3 is 5.97 Å². The van der Waals surface area contributed by atoms with Crippen LogP contribution in [0.15, 0.2) is 23.1 Å². The second-order valence-corrected chi connectivity index (χ2v) is 6.48. The van der Waals surface area contributed by atoms with Crippen molar-refractivity contribution in [3.63, 3.8) is 0 Å².